The molecule has 0 saturated heterocycles. The summed E-state index contributed by atoms with van der Waals surface area (Å²) in [5, 5.41) is 14.3. The third-order valence-corrected chi connectivity index (χ3v) is 10.4. The molecule has 7 heteroatoms. The standard InChI is InChI=1S/C27H32N4OS2/c1-5-27(3,4)16-7-9-20-15(11-16)12-18-22(29)23(34-25(18)30-20)24(32)31-26-19(13-28)17-8-6-14(2)10-21(17)33-26/h12,14,16H,5-11,29H2,1-4H3,(H,31,32)/t14-,16-/m0/s1. The van der Waals surface area contributed by atoms with E-state index >= 15 is 0 Å². The molecule has 5 nitrogen and oxygen atoms in total. The van der Waals surface area contributed by atoms with Crippen molar-refractivity contribution in [3.05, 3.63) is 38.2 Å². The van der Waals surface area contributed by atoms with E-state index in [1.165, 1.54) is 21.8 Å². The largest absolute Gasteiger partial charge is 0.397 e. The smallest absolute Gasteiger partial charge is 0.268 e. The molecule has 5 rings (SSSR count). The number of nitrogen functional groups attached to an aromatic ring is 1. The molecular formula is C27H32N4OS2. The lowest BCUT2D eigenvalue weighted by atomic mass is 9.69. The number of amides is 1. The second kappa shape index (κ2) is 8.66. The average molecular weight is 493 g/mol. The molecule has 0 aromatic carbocycles. The first-order valence-electron chi connectivity index (χ1n) is 12.3. The zero-order valence-corrected chi connectivity index (χ0v) is 22.0. The van der Waals surface area contributed by atoms with Crippen LogP contribution in [0.1, 0.15) is 83.9 Å². The van der Waals surface area contributed by atoms with Crippen molar-refractivity contribution in [1.82, 2.24) is 4.98 Å². The number of anilines is 2. The van der Waals surface area contributed by atoms with E-state index in [9.17, 15) is 10.1 Å². The monoisotopic (exact) mass is 492 g/mol. The van der Waals surface area contributed by atoms with Gasteiger partial charge in [0.15, 0.2) is 0 Å². The zero-order valence-electron chi connectivity index (χ0n) is 20.4. The molecule has 0 unspecified atom stereocenters. The summed E-state index contributed by atoms with van der Waals surface area (Å²) in [6.07, 6.45) is 7.26. The van der Waals surface area contributed by atoms with Crippen LogP contribution < -0.4 is 11.1 Å². The van der Waals surface area contributed by atoms with Crippen molar-refractivity contribution in [3.63, 3.8) is 0 Å². The van der Waals surface area contributed by atoms with Gasteiger partial charge in [-0.15, -0.1) is 22.7 Å². The lowest BCUT2D eigenvalue weighted by molar-refractivity contribution is 0.103. The summed E-state index contributed by atoms with van der Waals surface area (Å²) in [5.41, 5.74) is 11.5. The van der Waals surface area contributed by atoms with Crippen LogP contribution in [0.25, 0.3) is 10.2 Å². The van der Waals surface area contributed by atoms with Crippen LogP contribution in [0.2, 0.25) is 0 Å². The van der Waals surface area contributed by atoms with Gasteiger partial charge in [-0.1, -0.05) is 34.1 Å². The number of aromatic nitrogens is 1. The Bertz CT molecular complexity index is 1330. The van der Waals surface area contributed by atoms with Crippen LogP contribution in [0.15, 0.2) is 6.07 Å². The Hall–Kier alpha value is -2.43. The maximum Gasteiger partial charge on any atom is 0.268 e. The molecule has 178 valence electrons. The van der Waals surface area contributed by atoms with E-state index in [1.54, 1.807) is 11.3 Å². The molecule has 0 bridgehead atoms. The normalized spacial score (nSPS) is 20.0. The molecule has 3 aromatic rings. The first-order chi connectivity index (χ1) is 16.2. The summed E-state index contributed by atoms with van der Waals surface area (Å²) >= 11 is 2.90. The fourth-order valence-electron chi connectivity index (χ4n) is 5.43. The van der Waals surface area contributed by atoms with E-state index in [4.69, 9.17) is 10.7 Å². The first kappa shape index (κ1) is 23.3. The second-order valence-electron chi connectivity index (χ2n) is 10.7. The Morgan fingerprint density at radius 3 is 2.82 bits per heavy atom. The molecule has 34 heavy (non-hydrogen) atoms. The molecule has 3 aromatic heterocycles. The van der Waals surface area contributed by atoms with Gasteiger partial charge in [0.05, 0.1) is 11.3 Å². The number of nitrogens with one attached hydrogen (secondary N) is 1. The zero-order chi connectivity index (χ0) is 24.2. The highest BCUT2D eigenvalue weighted by Crippen LogP contribution is 2.43. The van der Waals surface area contributed by atoms with Crippen LogP contribution in [0.4, 0.5) is 10.7 Å². The number of pyridine rings is 1. The van der Waals surface area contributed by atoms with Crippen molar-refractivity contribution in [2.75, 3.05) is 11.1 Å². The van der Waals surface area contributed by atoms with Crippen molar-refractivity contribution in [3.8, 4) is 6.07 Å². The highest BCUT2D eigenvalue weighted by atomic mass is 32.1. The summed E-state index contributed by atoms with van der Waals surface area (Å²) in [7, 11) is 0. The minimum absolute atomic E-state index is 0.244. The summed E-state index contributed by atoms with van der Waals surface area (Å²) in [6, 6.07) is 4.50. The van der Waals surface area contributed by atoms with Crippen molar-refractivity contribution < 1.29 is 4.79 Å². The number of fused-ring (bicyclic) bond motifs is 3. The molecule has 2 atom stereocenters. The number of rotatable bonds is 4. The van der Waals surface area contributed by atoms with Gasteiger partial charge in [-0.2, -0.15) is 5.26 Å². The Morgan fingerprint density at radius 2 is 2.09 bits per heavy atom. The fourth-order valence-corrected chi connectivity index (χ4v) is 7.78. The predicted octanol–water partition coefficient (Wildman–Crippen LogP) is 6.73. The van der Waals surface area contributed by atoms with Crippen molar-refractivity contribution >= 4 is 49.5 Å². The van der Waals surface area contributed by atoms with Gasteiger partial charge < -0.3 is 11.1 Å². The van der Waals surface area contributed by atoms with Crippen LogP contribution in [0, 0.1) is 28.6 Å². The number of thiophene rings is 2. The molecule has 0 radical (unpaired) electrons. The molecule has 2 aliphatic rings. The van der Waals surface area contributed by atoms with Crippen LogP contribution in [0.5, 0.6) is 0 Å². The molecule has 0 aliphatic heterocycles. The Balaban J connectivity index is 1.45. The van der Waals surface area contributed by atoms with Crippen molar-refractivity contribution in [2.45, 2.75) is 72.6 Å². The molecule has 0 saturated carbocycles. The maximum absolute atomic E-state index is 13.3. The quantitative estimate of drug-likeness (QED) is 0.422. The van der Waals surface area contributed by atoms with E-state index in [0.29, 0.717) is 38.4 Å². The van der Waals surface area contributed by atoms with Crippen molar-refractivity contribution in [2.24, 2.45) is 17.3 Å². The lowest BCUT2D eigenvalue weighted by Crippen LogP contribution is -2.29. The third-order valence-electron chi connectivity index (χ3n) is 8.16. The van der Waals surface area contributed by atoms with Gasteiger partial charge in [0, 0.05) is 16.0 Å². The molecule has 0 spiro atoms. The van der Waals surface area contributed by atoms with Crippen LogP contribution >= 0.6 is 22.7 Å². The Kier molecular flexibility index (Phi) is 5.94. The molecule has 0 fully saturated rings. The van der Waals surface area contributed by atoms with E-state index in [2.05, 4.69) is 45.1 Å². The van der Waals surface area contributed by atoms with Gasteiger partial charge in [-0.25, -0.2) is 4.98 Å². The fraction of sp³-hybridized carbons (Fsp3) is 0.519. The van der Waals surface area contributed by atoms with E-state index in [1.807, 2.05) is 0 Å². The Morgan fingerprint density at radius 1 is 1.29 bits per heavy atom. The topological polar surface area (TPSA) is 91.8 Å². The van der Waals surface area contributed by atoms with E-state index in [-0.39, 0.29) is 5.91 Å². The van der Waals surface area contributed by atoms with Crippen LogP contribution in [-0.2, 0) is 25.7 Å². The Labute approximate surface area is 209 Å². The summed E-state index contributed by atoms with van der Waals surface area (Å²) < 4.78 is 0. The number of nitriles is 1. The number of hydrogen-bond acceptors (Lipinski definition) is 6. The predicted molar refractivity (Wildman–Crippen MR) is 142 cm³/mol. The van der Waals surface area contributed by atoms with Gasteiger partial charge in [0.1, 0.15) is 20.8 Å². The van der Waals surface area contributed by atoms with E-state index in [0.717, 1.165) is 66.4 Å². The number of hydrogen-bond donors (Lipinski definition) is 2. The average Bonchev–Trinajstić information content (AvgIpc) is 3.32. The summed E-state index contributed by atoms with van der Waals surface area (Å²) in [5.74, 6) is 0.995. The van der Waals surface area contributed by atoms with Gasteiger partial charge >= 0.3 is 0 Å². The van der Waals surface area contributed by atoms with Gasteiger partial charge in [0.25, 0.3) is 5.91 Å². The number of carbonyl (C=O) groups is 1. The highest BCUT2D eigenvalue weighted by Gasteiger charge is 2.32. The molecule has 3 heterocycles. The van der Waals surface area contributed by atoms with Gasteiger partial charge in [0.2, 0.25) is 0 Å². The third kappa shape index (κ3) is 3.91. The minimum Gasteiger partial charge on any atom is -0.397 e. The maximum atomic E-state index is 13.3. The minimum atomic E-state index is -0.244. The van der Waals surface area contributed by atoms with E-state index < -0.39 is 0 Å². The number of nitrogens with two attached hydrogens (primary N) is 1. The second-order valence-corrected chi connectivity index (χ2v) is 12.8. The molecule has 1 amide bonds. The van der Waals surface area contributed by atoms with Crippen LogP contribution in [-0.4, -0.2) is 10.9 Å². The first-order valence-corrected chi connectivity index (χ1v) is 13.9. The molecular weight excluding hydrogens is 460 g/mol. The highest BCUT2D eigenvalue weighted by molar-refractivity contribution is 7.21. The summed E-state index contributed by atoms with van der Waals surface area (Å²) in [4.78, 5) is 20.8. The molecule has 3 N–H and O–H groups in total. The molecule has 2 aliphatic carbocycles. The van der Waals surface area contributed by atoms with Gasteiger partial charge in [-0.3, -0.25) is 4.79 Å². The number of aryl methyl sites for hydroxylation is 1. The summed E-state index contributed by atoms with van der Waals surface area (Å²) in [6.45, 7) is 9.22. The number of nitrogens with zero attached hydrogens (tertiary/aromatic N) is 2. The SMILES string of the molecule is CCC(C)(C)[C@H]1CCc2nc3sc(C(=O)Nc4sc5c(c4C#N)CC[C@H](C)C5)c(N)c3cc2C1. The van der Waals surface area contributed by atoms with Crippen molar-refractivity contribution in [1.29, 1.82) is 5.26 Å². The number of carbonyl (C=O) groups excluding carboxylic acids is 1. The lowest BCUT2D eigenvalue weighted by Gasteiger charge is -2.36. The van der Waals surface area contributed by atoms with Crippen LogP contribution in [0.3, 0.4) is 0 Å². The van der Waals surface area contributed by atoms with Gasteiger partial charge in [-0.05, 0) is 73.0 Å².